The van der Waals surface area contributed by atoms with Crippen LogP contribution >= 0.6 is 0 Å². The number of benzene rings is 3. The van der Waals surface area contributed by atoms with E-state index in [9.17, 15) is 22.8 Å². The molecule has 0 atom stereocenters. The largest absolute Gasteiger partial charge is 0.459 e. The Balaban J connectivity index is 1.74. The monoisotopic (exact) mass is 485 g/mol. The van der Waals surface area contributed by atoms with Gasteiger partial charge >= 0.3 is 5.97 Å². The minimum atomic E-state index is -1.38. The van der Waals surface area contributed by atoms with Crippen molar-refractivity contribution >= 4 is 17.6 Å². The molecule has 0 unspecified atom stereocenters. The molecule has 4 rings (SSSR count). The Kier molecular flexibility index (Phi) is 6.43. The summed E-state index contributed by atoms with van der Waals surface area (Å²) in [5.74, 6) is -4.74. The molecule has 0 aromatic heterocycles. The van der Waals surface area contributed by atoms with Crippen molar-refractivity contribution < 1.29 is 37.0 Å². The van der Waals surface area contributed by atoms with Crippen LogP contribution in [0.3, 0.4) is 0 Å². The molecule has 1 amide bonds. The van der Waals surface area contributed by atoms with Crippen molar-refractivity contribution in [2.24, 2.45) is 0 Å². The third-order valence-corrected chi connectivity index (χ3v) is 5.04. The Labute approximate surface area is 199 Å². The predicted molar refractivity (Wildman–Crippen MR) is 122 cm³/mol. The highest BCUT2D eigenvalue weighted by atomic mass is 19.1. The SMILES string of the molecule is CC(C)(C)OC(=O)CN(C(=O)c1c(F)cc(F)cc1F)c1cccc(-c2ccc3c(c2)OCO3)c1. The van der Waals surface area contributed by atoms with E-state index in [1.165, 1.54) is 6.07 Å². The number of halogens is 3. The summed E-state index contributed by atoms with van der Waals surface area (Å²) in [6, 6.07) is 12.6. The van der Waals surface area contributed by atoms with Crippen molar-refractivity contribution in [2.75, 3.05) is 18.2 Å². The van der Waals surface area contributed by atoms with Crippen molar-refractivity contribution in [1.82, 2.24) is 0 Å². The van der Waals surface area contributed by atoms with E-state index in [2.05, 4.69) is 0 Å². The molecular weight excluding hydrogens is 463 g/mol. The first-order chi connectivity index (χ1) is 16.5. The lowest BCUT2D eigenvalue weighted by Crippen LogP contribution is -2.39. The first kappa shape index (κ1) is 24.1. The molecule has 182 valence electrons. The van der Waals surface area contributed by atoms with Gasteiger partial charge in [0.1, 0.15) is 35.2 Å². The third-order valence-electron chi connectivity index (χ3n) is 5.04. The number of carbonyl (C=O) groups is 2. The molecular formula is C26H22F3NO5. The number of fused-ring (bicyclic) bond motifs is 1. The van der Waals surface area contributed by atoms with Gasteiger partial charge < -0.3 is 14.2 Å². The Hall–Kier alpha value is -4.01. The van der Waals surface area contributed by atoms with Crippen LogP contribution in [-0.4, -0.2) is 30.8 Å². The van der Waals surface area contributed by atoms with Gasteiger partial charge in [-0.05, 0) is 56.2 Å². The van der Waals surface area contributed by atoms with E-state index in [1.807, 2.05) is 0 Å². The zero-order valence-electron chi connectivity index (χ0n) is 19.2. The standard InChI is InChI=1S/C26H22F3NO5/c1-26(2,3)35-23(31)13-30(25(32)24-19(28)11-17(27)12-20(24)29)18-6-4-5-15(9-18)16-7-8-21-22(10-16)34-14-33-21/h4-12H,13-14H2,1-3H3. The molecule has 3 aromatic carbocycles. The highest BCUT2D eigenvalue weighted by Crippen LogP contribution is 2.37. The van der Waals surface area contributed by atoms with Crippen LogP contribution in [0.25, 0.3) is 11.1 Å². The molecule has 3 aromatic rings. The zero-order valence-corrected chi connectivity index (χ0v) is 19.2. The lowest BCUT2D eigenvalue weighted by Gasteiger charge is -2.26. The van der Waals surface area contributed by atoms with Crippen LogP contribution in [0, 0.1) is 17.5 Å². The van der Waals surface area contributed by atoms with E-state index in [-0.39, 0.29) is 12.5 Å². The highest BCUT2D eigenvalue weighted by Gasteiger charge is 2.29. The van der Waals surface area contributed by atoms with Crippen molar-refractivity contribution in [2.45, 2.75) is 26.4 Å². The van der Waals surface area contributed by atoms with Crippen molar-refractivity contribution in [3.8, 4) is 22.6 Å². The minimum Gasteiger partial charge on any atom is -0.459 e. The van der Waals surface area contributed by atoms with E-state index in [1.54, 1.807) is 57.2 Å². The molecule has 6 nitrogen and oxygen atoms in total. The zero-order chi connectivity index (χ0) is 25.3. The average Bonchev–Trinajstić information content (AvgIpc) is 3.23. The normalized spacial score (nSPS) is 12.4. The maximum absolute atomic E-state index is 14.4. The van der Waals surface area contributed by atoms with Crippen molar-refractivity contribution in [1.29, 1.82) is 0 Å². The molecule has 1 aliphatic heterocycles. The molecule has 0 spiro atoms. The summed E-state index contributed by atoms with van der Waals surface area (Å²) in [5.41, 5.74) is -0.294. The number of hydrogen-bond acceptors (Lipinski definition) is 5. The number of ether oxygens (including phenoxy) is 3. The summed E-state index contributed by atoms with van der Waals surface area (Å²) in [6.07, 6.45) is 0. The third kappa shape index (κ3) is 5.40. The van der Waals surface area contributed by atoms with Gasteiger partial charge in [-0.3, -0.25) is 14.5 Å². The molecule has 0 bridgehead atoms. The average molecular weight is 485 g/mol. The molecule has 0 fully saturated rings. The van der Waals surface area contributed by atoms with Gasteiger partial charge in [-0.1, -0.05) is 18.2 Å². The van der Waals surface area contributed by atoms with Crippen LogP contribution in [0.4, 0.5) is 18.9 Å². The van der Waals surface area contributed by atoms with Gasteiger partial charge in [0.25, 0.3) is 5.91 Å². The summed E-state index contributed by atoms with van der Waals surface area (Å²) in [6.45, 7) is 4.42. The van der Waals surface area contributed by atoms with Gasteiger partial charge in [0.15, 0.2) is 11.5 Å². The van der Waals surface area contributed by atoms with Gasteiger partial charge in [-0.25, -0.2) is 13.2 Å². The molecule has 35 heavy (non-hydrogen) atoms. The number of esters is 1. The predicted octanol–water partition coefficient (Wildman–Crippen LogP) is 5.49. The van der Waals surface area contributed by atoms with E-state index in [0.717, 1.165) is 10.5 Å². The van der Waals surface area contributed by atoms with E-state index < -0.39 is 47.0 Å². The highest BCUT2D eigenvalue weighted by molar-refractivity contribution is 6.09. The second-order valence-corrected chi connectivity index (χ2v) is 8.84. The molecule has 0 radical (unpaired) electrons. The van der Waals surface area contributed by atoms with Crippen LogP contribution in [0.5, 0.6) is 11.5 Å². The Morgan fingerprint density at radius 2 is 1.57 bits per heavy atom. The molecule has 1 heterocycles. The summed E-state index contributed by atoms with van der Waals surface area (Å²) in [7, 11) is 0. The van der Waals surface area contributed by atoms with Gasteiger partial charge in [-0.15, -0.1) is 0 Å². The maximum atomic E-state index is 14.4. The number of nitrogens with zero attached hydrogens (tertiary/aromatic N) is 1. The fourth-order valence-electron chi connectivity index (χ4n) is 3.59. The Bertz CT molecular complexity index is 1280. The van der Waals surface area contributed by atoms with E-state index in [0.29, 0.717) is 29.2 Å². The van der Waals surface area contributed by atoms with E-state index in [4.69, 9.17) is 14.2 Å². The number of carbonyl (C=O) groups excluding carboxylic acids is 2. The summed E-state index contributed by atoms with van der Waals surface area (Å²) in [5, 5.41) is 0. The summed E-state index contributed by atoms with van der Waals surface area (Å²) in [4.78, 5) is 26.8. The smallest absolute Gasteiger partial charge is 0.326 e. The van der Waals surface area contributed by atoms with Gasteiger partial charge in [0.05, 0.1) is 0 Å². The van der Waals surface area contributed by atoms with E-state index >= 15 is 0 Å². The molecule has 0 saturated carbocycles. The maximum Gasteiger partial charge on any atom is 0.326 e. The van der Waals surface area contributed by atoms with Crippen LogP contribution in [-0.2, 0) is 9.53 Å². The first-order valence-electron chi connectivity index (χ1n) is 10.7. The number of rotatable bonds is 5. The summed E-state index contributed by atoms with van der Waals surface area (Å²) < 4.78 is 58.4. The molecule has 0 saturated heterocycles. The second kappa shape index (κ2) is 9.32. The lowest BCUT2D eigenvalue weighted by molar-refractivity contribution is -0.152. The van der Waals surface area contributed by atoms with Crippen LogP contribution in [0.1, 0.15) is 31.1 Å². The van der Waals surface area contributed by atoms with Gasteiger partial charge in [-0.2, -0.15) is 0 Å². The number of hydrogen-bond donors (Lipinski definition) is 0. The Morgan fingerprint density at radius 3 is 2.26 bits per heavy atom. The molecule has 1 aliphatic rings. The van der Waals surface area contributed by atoms with Gasteiger partial charge in [0, 0.05) is 17.8 Å². The number of anilines is 1. The molecule has 9 heteroatoms. The Morgan fingerprint density at radius 1 is 0.914 bits per heavy atom. The molecule has 0 aliphatic carbocycles. The van der Waals surface area contributed by atoms with Crippen molar-refractivity contribution in [3.05, 3.63) is 77.6 Å². The van der Waals surface area contributed by atoms with Crippen LogP contribution < -0.4 is 14.4 Å². The lowest BCUT2D eigenvalue weighted by atomic mass is 10.0. The fraction of sp³-hybridized carbons (Fsp3) is 0.231. The van der Waals surface area contributed by atoms with Gasteiger partial charge in [0.2, 0.25) is 6.79 Å². The van der Waals surface area contributed by atoms with Crippen LogP contribution in [0.15, 0.2) is 54.6 Å². The quantitative estimate of drug-likeness (QED) is 0.448. The van der Waals surface area contributed by atoms with Crippen LogP contribution in [0.2, 0.25) is 0 Å². The molecule has 0 N–H and O–H groups in total. The number of amides is 1. The fourth-order valence-corrected chi connectivity index (χ4v) is 3.59. The van der Waals surface area contributed by atoms with Crippen molar-refractivity contribution in [3.63, 3.8) is 0 Å². The first-order valence-corrected chi connectivity index (χ1v) is 10.7. The second-order valence-electron chi connectivity index (χ2n) is 8.84. The summed E-state index contributed by atoms with van der Waals surface area (Å²) >= 11 is 0. The minimum absolute atomic E-state index is 0.103. The topological polar surface area (TPSA) is 65.1 Å².